The van der Waals surface area contributed by atoms with Gasteiger partial charge in [-0.15, -0.1) is 0 Å². The molecule has 0 bridgehead atoms. The van der Waals surface area contributed by atoms with Crippen molar-refractivity contribution in [2.45, 2.75) is 50.3 Å². The van der Waals surface area contributed by atoms with Crippen LogP contribution < -0.4 is 4.39 Å². The van der Waals surface area contributed by atoms with E-state index >= 15 is 0 Å². The van der Waals surface area contributed by atoms with Crippen LogP contribution in [0.15, 0.2) is 23.1 Å². The molecule has 0 saturated carbocycles. The molecule has 0 spiro atoms. The molecule has 0 aliphatic heterocycles. The molecule has 1 aromatic carbocycles. The molecular formula is C15H27FN2O2SSi. The minimum absolute atomic E-state index is 0.0164. The molecule has 1 rings (SSSR count). The van der Waals surface area contributed by atoms with Gasteiger partial charge in [0.2, 0.25) is 10.0 Å². The number of benzene rings is 1. The second kappa shape index (κ2) is 6.39. The van der Waals surface area contributed by atoms with Crippen molar-refractivity contribution in [2.24, 2.45) is 0 Å². The van der Waals surface area contributed by atoms with Gasteiger partial charge in [-0.05, 0) is 31.3 Å². The van der Waals surface area contributed by atoms with Gasteiger partial charge in [-0.1, -0.05) is 39.9 Å². The second-order valence-electron chi connectivity index (χ2n) is 7.47. The average Bonchev–Trinajstić information content (AvgIpc) is 2.28. The van der Waals surface area contributed by atoms with Gasteiger partial charge >= 0.3 is 0 Å². The van der Waals surface area contributed by atoms with Crippen LogP contribution in [0.4, 0.5) is 4.39 Å². The summed E-state index contributed by atoms with van der Waals surface area (Å²) in [6.45, 7) is 10.4. The largest absolute Gasteiger partial charge is 0.305 e. The third kappa shape index (κ3) is 4.61. The fourth-order valence-electron chi connectivity index (χ4n) is 1.71. The Balaban J connectivity index is 3.12. The molecule has 126 valence electrons. The molecule has 0 amide bonds. The van der Waals surface area contributed by atoms with Crippen LogP contribution in [0.5, 0.6) is 0 Å². The molecule has 7 heteroatoms. The van der Waals surface area contributed by atoms with Crippen molar-refractivity contribution in [3.05, 3.63) is 29.6 Å². The number of rotatable bonds is 5. The molecule has 0 aliphatic rings. The summed E-state index contributed by atoms with van der Waals surface area (Å²) in [5.41, 5.74) is 0.483. The van der Waals surface area contributed by atoms with Crippen molar-refractivity contribution in [2.75, 3.05) is 14.1 Å². The zero-order valence-corrected chi connectivity index (χ0v) is 16.3. The molecule has 0 heterocycles. The Morgan fingerprint density at radius 1 is 1.23 bits per heavy atom. The summed E-state index contributed by atoms with van der Waals surface area (Å²) >= 11 is 0. The highest BCUT2D eigenvalue weighted by molar-refractivity contribution is 7.91. The van der Waals surface area contributed by atoms with E-state index in [0.717, 1.165) is 6.07 Å². The molecule has 0 aliphatic carbocycles. The zero-order valence-electron chi connectivity index (χ0n) is 14.5. The first-order valence-electron chi connectivity index (χ1n) is 7.23. The lowest BCUT2D eigenvalue weighted by atomic mass is 10.2. The van der Waals surface area contributed by atoms with Gasteiger partial charge in [0.1, 0.15) is 14.1 Å². The van der Waals surface area contributed by atoms with Gasteiger partial charge in [0, 0.05) is 12.1 Å². The number of nitrogens with zero attached hydrogens (tertiary/aromatic N) is 1. The van der Waals surface area contributed by atoms with E-state index in [1.807, 2.05) is 52.9 Å². The number of hydrogen-bond acceptors (Lipinski definition) is 3. The number of halogens is 1. The fourth-order valence-corrected chi connectivity index (χ4v) is 6.60. The van der Waals surface area contributed by atoms with Gasteiger partial charge in [-0.3, -0.25) is 0 Å². The molecule has 1 aromatic rings. The van der Waals surface area contributed by atoms with Crippen molar-refractivity contribution < 1.29 is 12.8 Å². The lowest BCUT2D eigenvalue weighted by Gasteiger charge is -2.36. The molecular weight excluding hydrogens is 319 g/mol. The molecule has 1 N–H and O–H groups in total. The van der Waals surface area contributed by atoms with Gasteiger partial charge < -0.3 is 4.90 Å². The monoisotopic (exact) mass is 346 g/mol. The summed E-state index contributed by atoms with van der Waals surface area (Å²) in [4.78, 5) is 1.82. The Morgan fingerprint density at radius 3 is 2.18 bits per heavy atom. The molecule has 0 saturated heterocycles. The molecule has 0 unspecified atom stereocenters. The Morgan fingerprint density at radius 2 is 1.77 bits per heavy atom. The van der Waals surface area contributed by atoms with Crippen LogP contribution in [0, 0.1) is 5.82 Å². The van der Waals surface area contributed by atoms with Crippen LogP contribution in [0.1, 0.15) is 26.3 Å². The minimum Gasteiger partial charge on any atom is -0.305 e. The molecule has 22 heavy (non-hydrogen) atoms. The fraction of sp³-hybridized carbons (Fsp3) is 0.600. The molecule has 0 fully saturated rings. The van der Waals surface area contributed by atoms with Crippen LogP contribution in [-0.2, 0) is 16.6 Å². The number of nitrogens with one attached hydrogen (secondary N) is 1. The van der Waals surface area contributed by atoms with Crippen LogP contribution in [-0.4, -0.2) is 35.6 Å². The first-order chi connectivity index (χ1) is 9.76. The summed E-state index contributed by atoms with van der Waals surface area (Å²) in [5, 5.41) is -0.135. The molecule has 0 atom stereocenters. The van der Waals surface area contributed by atoms with Gasteiger partial charge in [-0.25, -0.2) is 17.2 Å². The normalized spacial score (nSPS) is 13.7. The summed E-state index contributed by atoms with van der Waals surface area (Å²) in [6.07, 6.45) is 0. The van der Waals surface area contributed by atoms with E-state index in [2.05, 4.69) is 4.39 Å². The maximum atomic E-state index is 14.1. The first-order valence-corrected chi connectivity index (χ1v) is 11.7. The molecule has 0 radical (unpaired) electrons. The van der Waals surface area contributed by atoms with Crippen LogP contribution in [0.25, 0.3) is 0 Å². The quantitative estimate of drug-likeness (QED) is 0.833. The van der Waals surface area contributed by atoms with E-state index in [1.165, 1.54) is 12.1 Å². The summed E-state index contributed by atoms with van der Waals surface area (Å²) < 4.78 is 42.0. The van der Waals surface area contributed by atoms with Gasteiger partial charge in [-0.2, -0.15) is 0 Å². The van der Waals surface area contributed by atoms with Crippen molar-refractivity contribution in [1.29, 1.82) is 0 Å². The van der Waals surface area contributed by atoms with Crippen molar-refractivity contribution >= 4 is 18.3 Å². The van der Waals surface area contributed by atoms with E-state index in [-0.39, 0.29) is 9.93 Å². The predicted molar refractivity (Wildman–Crippen MR) is 91.3 cm³/mol. The second-order valence-corrected chi connectivity index (χ2v) is 14.5. The molecule has 4 nitrogen and oxygen atoms in total. The maximum Gasteiger partial charge on any atom is 0.234 e. The predicted octanol–water partition coefficient (Wildman–Crippen LogP) is 3.17. The third-order valence-electron chi connectivity index (χ3n) is 4.09. The first kappa shape index (κ1) is 19.3. The average molecular weight is 347 g/mol. The van der Waals surface area contributed by atoms with E-state index in [1.54, 1.807) is 0 Å². The van der Waals surface area contributed by atoms with E-state index in [9.17, 15) is 12.8 Å². The van der Waals surface area contributed by atoms with Crippen molar-refractivity contribution in [3.63, 3.8) is 0 Å². The Labute approximate surface area is 134 Å². The van der Waals surface area contributed by atoms with Crippen molar-refractivity contribution in [3.8, 4) is 0 Å². The molecule has 0 aromatic heterocycles. The minimum atomic E-state index is -3.71. The van der Waals surface area contributed by atoms with E-state index < -0.39 is 24.1 Å². The lowest BCUT2D eigenvalue weighted by molar-refractivity contribution is 0.392. The highest BCUT2D eigenvalue weighted by Gasteiger charge is 2.39. The van der Waals surface area contributed by atoms with Crippen LogP contribution in [0.3, 0.4) is 0 Å². The maximum absolute atomic E-state index is 14.1. The van der Waals surface area contributed by atoms with Gasteiger partial charge in [0.05, 0.1) is 4.90 Å². The van der Waals surface area contributed by atoms with Gasteiger partial charge in [0.25, 0.3) is 0 Å². The SMILES string of the molecule is CN(C)Cc1ccc(S(=O)(=O)N[Si](C)(C)C(C)(C)C)cc1F. The number of hydrogen-bond donors (Lipinski definition) is 1. The Kier molecular flexibility index (Phi) is 5.60. The summed E-state index contributed by atoms with van der Waals surface area (Å²) in [5.74, 6) is -0.494. The van der Waals surface area contributed by atoms with Crippen LogP contribution in [0.2, 0.25) is 18.1 Å². The third-order valence-corrected chi connectivity index (χ3v) is 11.8. The highest BCUT2D eigenvalue weighted by Crippen LogP contribution is 2.34. The van der Waals surface area contributed by atoms with Crippen molar-refractivity contribution in [1.82, 2.24) is 9.29 Å². The Bertz CT molecular complexity index is 637. The number of sulfonamides is 1. The zero-order chi connectivity index (χ0) is 17.3. The van der Waals surface area contributed by atoms with Crippen LogP contribution >= 0.6 is 0 Å². The smallest absolute Gasteiger partial charge is 0.234 e. The standard InChI is InChI=1S/C15H27FN2O2SSi/c1-15(2,3)22(6,7)17-21(19,20)13-9-8-12(11-18(4)5)14(16)10-13/h8-10,17H,11H2,1-7H3. The topological polar surface area (TPSA) is 49.4 Å². The Hall–Kier alpha value is -0.763. The summed E-state index contributed by atoms with van der Waals surface area (Å²) in [7, 11) is -2.29. The highest BCUT2D eigenvalue weighted by atomic mass is 32.2. The summed E-state index contributed by atoms with van der Waals surface area (Å²) in [6, 6.07) is 4.11. The lowest BCUT2D eigenvalue weighted by Crippen LogP contribution is -2.54. The van der Waals surface area contributed by atoms with E-state index in [4.69, 9.17) is 0 Å². The van der Waals surface area contributed by atoms with E-state index in [0.29, 0.717) is 12.1 Å². The van der Waals surface area contributed by atoms with Gasteiger partial charge in [0.15, 0.2) is 0 Å².